The molecule has 0 amide bonds. The molecule has 4 rings (SSSR count). The molecule has 2 saturated carbocycles. The third kappa shape index (κ3) is 3.66. The molecule has 8 atom stereocenters. The van der Waals surface area contributed by atoms with Crippen LogP contribution in [0.4, 0.5) is 0 Å². The van der Waals surface area contributed by atoms with Gasteiger partial charge in [-0.25, -0.2) is 0 Å². The zero-order chi connectivity index (χ0) is 21.7. The molecule has 0 aromatic heterocycles. The Morgan fingerprint density at radius 3 is 2.57 bits per heavy atom. The van der Waals surface area contributed by atoms with E-state index in [-0.39, 0.29) is 6.10 Å². The van der Waals surface area contributed by atoms with Gasteiger partial charge in [-0.15, -0.1) is 0 Å². The zero-order valence-electron chi connectivity index (χ0n) is 20.6. The van der Waals surface area contributed by atoms with Crippen LogP contribution < -0.4 is 0 Å². The van der Waals surface area contributed by atoms with E-state index >= 15 is 0 Å². The normalized spacial score (nSPS) is 42.9. The van der Waals surface area contributed by atoms with E-state index in [0.29, 0.717) is 10.8 Å². The number of aliphatic hydroxyl groups excluding tert-OH is 1. The minimum atomic E-state index is -0.0399. The Balaban J connectivity index is 1.51. The third-order valence-electron chi connectivity index (χ3n) is 10.9. The second-order valence-electron chi connectivity index (χ2n) is 12.3. The highest BCUT2D eigenvalue weighted by Crippen LogP contribution is 2.66. The molecule has 4 aliphatic rings. The van der Waals surface area contributed by atoms with Crippen molar-refractivity contribution in [2.24, 2.45) is 40.4 Å². The number of fused-ring (bicyclic) bond motifs is 4. The summed E-state index contributed by atoms with van der Waals surface area (Å²) < 4.78 is 0. The highest BCUT2D eigenvalue weighted by atomic mass is 16.3. The maximum atomic E-state index is 10.3. The van der Waals surface area contributed by atoms with E-state index in [1.54, 1.807) is 0 Å². The molecule has 0 radical (unpaired) electrons. The van der Waals surface area contributed by atoms with E-state index < -0.39 is 0 Å². The van der Waals surface area contributed by atoms with Crippen molar-refractivity contribution < 1.29 is 5.11 Å². The quantitative estimate of drug-likeness (QED) is 0.437. The average Bonchev–Trinajstić information content (AvgIpc) is 3.06. The van der Waals surface area contributed by atoms with Crippen LogP contribution >= 0.6 is 0 Å². The summed E-state index contributed by atoms with van der Waals surface area (Å²) in [5.41, 5.74) is 6.08. The first-order valence-electron chi connectivity index (χ1n) is 13.3. The Morgan fingerprint density at radius 1 is 1.10 bits per heavy atom. The van der Waals surface area contributed by atoms with Crippen LogP contribution in [-0.2, 0) is 0 Å². The first kappa shape index (κ1) is 22.6. The Kier molecular flexibility index (Phi) is 6.35. The first-order valence-corrected chi connectivity index (χ1v) is 13.3. The summed E-state index contributed by atoms with van der Waals surface area (Å²) in [6, 6.07) is 0. The van der Waals surface area contributed by atoms with Gasteiger partial charge in [-0.1, -0.05) is 51.0 Å². The van der Waals surface area contributed by atoms with Gasteiger partial charge in [0.25, 0.3) is 0 Å². The molecule has 1 heteroatoms. The van der Waals surface area contributed by atoms with Crippen LogP contribution in [0.15, 0.2) is 23.3 Å². The summed E-state index contributed by atoms with van der Waals surface area (Å²) in [6.45, 7) is 16.6. The fraction of sp³-hybridized carbons (Fsp3) is 0.862. The van der Waals surface area contributed by atoms with E-state index in [1.807, 2.05) is 11.1 Å². The van der Waals surface area contributed by atoms with Gasteiger partial charge in [-0.3, -0.25) is 0 Å². The fourth-order valence-electron chi connectivity index (χ4n) is 8.88. The van der Waals surface area contributed by atoms with Crippen molar-refractivity contribution in [1.82, 2.24) is 0 Å². The molecule has 0 saturated heterocycles. The molecule has 1 nitrogen and oxygen atoms in total. The summed E-state index contributed by atoms with van der Waals surface area (Å²) in [7, 11) is 0. The topological polar surface area (TPSA) is 20.2 Å². The maximum Gasteiger partial charge on any atom is 0.0543 e. The molecular formula is C29H48O. The van der Waals surface area contributed by atoms with Gasteiger partial charge in [0, 0.05) is 0 Å². The van der Waals surface area contributed by atoms with Crippen molar-refractivity contribution in [2.45, 2.75) is 118 Å². The molecule has 0 spiro atoms. The number of hydrogen-bond donors (Lipinski definition) is 1. The van der Waals surface area contributed by atoms with Gasteiger partial charge in [-0.05, 0) is 124 Å². The molecule has 2 fully saturated rings. The second kappa shape index (κ2) is 8.42. The van der Waals surface area contributed by atoms with Gasteiger partial charge in [0.05, 0.1) is 6.10 Å². The summed E-state index contributed by atoms with van der Waals surface area (Å²) >= 11 is 0. The van der Waals surface area contributed by atoms with Gasteiger partial charge < -0.3 is 5.11 Å². The first-order chi connectivity index (χ1) is 14.2. The Morgan fingerprint density at radius 2 is 1.87 bits per heavy atom. The van der Waals surface area contributed by atoms with E-state index in [0.717, 1.165) is 42.4 Å². The molecule has 0 aromatic rings. The van der Waals surface area contributed by atoms with E-state index in [4.69, 9.17) is 0 Å². The zero-order valence-corrected chi connectivity index (χ0v) is 20.6. The SMILES string of the molecule is C=C(C)[C@@H](CC)CC[C@@H](C)[C@H]1CC[C@H]2C3=C(CC[C@]12C)[C@@]1(C)CC[C@H](O)C[C@@H]1CC3. The highest BCUT2D eigenvalue weighted by molar-refractivity contribution is 5.34. The van der Waals surface area contributed by atoms with Crippen molar-refractivity contribution >= 4 is 0 Å². The van der Waals surface area contributed by atoms with Gasteiger partial charge in [0.15, 0.2) is 0 Å². The minimum absolute atomic E-state index is 0.0399. The average molecular weight is 413 g/mol. The number of hydrogen-bond acceptors (Lipinski definition) is 1. The fourth-order valence-corrected chi connectivity index (χ4v) is 8.88. The predicted molar refractivity (Wildman–Crippen MR) is 128 cm³/mol. The lowest BCUT2D eigenvalue weighted by Gasteiger charge is -2.55. The van der Waals surface area contributed by atoms with Crippen LogP contribution in [0.25, 0.3) is 0 Å². The summed E-state index contributed by atoms with van der Waals surface area (Å²) in [5.74, 6) is 4.04. The van der Waals surface area contributed by atoms with E-state index in [1.165, 1.54) is 69.8 Å². The van der Waals surface area contributed by atoms with E-state index in [9.17, 15) is 5.11 Å². The standard InChI is InChI=1S/C29H48O/c1-7-21(19(2)3)9-8-20(4)25-12-13-26-24-11-10-22-18-23(30)14-16-28(22,5)27(24)15-17-29(25,26)6/h20-23,25-26,30H,2,7-18H2,1,3-6H3/t20-,21+,22+,23+,25-,26+,28+,29-/m1/s1. The largest absolute Gasteiger partial charge is 0.393 e. The maximum absolute atomic E-state index is 10.3. The molecule has 0 unspecified atom stereocenters. The molecule has 4 aliphatic carbocycles. The van der Waals surface area contributed by atoms with Crippen molar-refractivity contribution in [3.05, 3.63) is 23.3 Å². The molecule has 1 N–H and O–H groups in total. The van der Waals surface area contributed by atoms with Crippen LogP contribution in [0.2, 0.25) is 0 Å². The number of allylic oxidation sites excluding steroid dienone is 3. The molecular weight excluding hydrogens is 364 g/mol. The van der Waals surface area contributed by atoms with Gasteiger partial charge in [0.2, 0.25) is 0 Å². The summed E-state index contributed by atoms with van der Waals surface area (Å²) in [6.07, 6.45) is 15.5. The van der Waals surface area contributed by atoms with Gasteiger partial charge in [-0.2, -0.15) is 0 Å². The van der Waals surface area contributed by atoms with Crippen LogP contribution in [-0.4, -0.2) is 11.2 Å². The summed E-state index contributed by atoms with van der Waals surface area (Å²) in [5, 5.41) is 10.3. The monoisotopic (exact) mass is 412 g/mol. The molecule has 0 aliphatic heterocycles. The number of aliphatic hydroxyl groups is 1. The smallest absolute Gasteiger partial charge is 0.0543 e. The van der Waals surface area contributed by atoms with Crippen molar-refractivity contribution in [3.8, 4) is 0 Å². The van der Waals surface area contributed by atoms with Crippen molar-refractivity contribution in [2.75, 3.05) is 0 Å². The van der Waals surface area contributed by atoms with Gasteiger partial charge in [0.1, 0.15) is 0 Å². The third-order valence-corrected chi connectivity index (χ3v) is 10.9. The summed E-state index contributed by atoms with van der Waals surface area (Å²) in [4.78, 5) is 0. The van der Waals surface area contributed by atoms with E-state index in [2.05, 4.69) is 41.2 Å². The molecule has 30 heavy (non-hydrogen) atoms. The lowest BCUT2D eigenvalue weighted by Crippen LogP contribution is -2.45. The Hall–Kier alpha value is -0.560. The highest BCUT2D eigenvalue weighted by Gasteiger charge is 2.55. The van der Waals surface area contributed by atoms with Gasteiger partial charge >= 0.3 is 0 Å². The minimum Gasteiger partial charge on any atom is -0.393 e. The van der Waals surface area contributed by atoms with Crippen molar-refractivity contribution in [1.29, 1.82) is 0 Å². The van der Waals surface area contributed by atoms with Crippen LogP contribution in [0.5, 0.6) is 0 Å². The Bertz CT molecular complexity index is 688. The lowest BCUT2D eigenvalue weighted by molar-refractivity contribution is 0.0131. The van der Waals surface area contributed by atoms with Crippen LogP contribution in [0.1, 0.15) is 112 Å². The lowest BCUT2D eigenvalue weighted by atomic mass is 9.50. The molecule has 0 heterocycles. The number of rotatable bonds is 6. The second-order valence-corrected chi connectivity index (χ2v) is 12.3. The molecule has 0 bridgehead atoms. The Labute approximate surface area is 186 Å². The molecule has 170 valence electrons. The van der Waals surface area contributed by atoms with Crippen LogP contribution in [0, 0.1) is 40.4 Å². The van der Waals surface area contributed by atoms with Crippen LogP contribution in [0.3, 0.4) is 0 Å². The molecule has 0 aromatic carbocycles. The predicted octanol–water partition coefficient (Wildman–Crippen LogP) is 8.09. The van der Waals surface area contributed by atoms with Crippen molar-refractivity contribution in [3.63, 3.8) is 0 Å².